The molecule has 1 saturated carbocycles. The second kappa shape index (κ2) is 6.52. The minimum atomic E-state index is -2.59. The summed E-state index contributed by atoms with van der Waals surface area (Å²) in [4.78, 5) is 14.0. The van der Waals surface area contributed by atoms with Crippen molar-refractivity contribution in [1.29, 1.82) is 0 Å². The largest absolute Gasteiger partial charge is 0.341 e. The first-order valence-corrected chi connectivity index (χ1v) is 7.32. The standard InChI is InChI=1S/C16H22F2N2O/c1-20(11-13-4-2-3-12(9-13)10-19)15(21)14-5-7-16(17,18)8-6-14/h2-4,9,14H,5-8,10-11,19H2,1H3. The molecule has 2 rings (SSSR count). The predicted molar refractivity (Wildman–Crippen MR) is 77.7 cm³/mol. The van der Waals surface area contributed by atoms with Gasteiger partial charge in [0.25, 0.3) is 0 Å². The fraction of sp³-hybridized carbons (Fsp3) is 0.562. The SMILES string of the molecule is CN(Cc1cccc(CN)c1)C(=O)C1CCC(F)(F)CC1. The zero-order valence-electron chi connectivity index (χ0n) is 12.3. The van der Waals surface area contributed by atoms with Crippen LogP contribution in [0.15, 0.2) is 24.3 Å². The van der Waals surface area contributed by atoms with Crippen LogP contribution in [0.4, 0.5) is 8.78 Å². The lowest BCUT2D eigenvalue weighted by Gasteiger charge is -2.30. The first-order valence-electron chi connectivity index (χ1n) is 7.32. The van der Waals surface area contributed by atoms with Crippen molar-refractivity contribution >= 4 is 5.91 Å². The topological polar surface area (TPSA) is 46.3 Å². The van der Waals surface area contributed by atoms with E-state index in [1.807, 2.05) is 24.3 Å². The van der Waals surface area contributed by atoms with Gasteiger partial charge in [0.15, 0.2) is 0 Å². The van der Waals surface area contributed by atoms with Gasteiger partial charge in [0.05, 0.1) is 0 Å². The maximum atomic E-state index is 13.1. The molecule has 1 fully saturated rings. The van der Waals surface area contributed by atoms with Gasteiger partial charge >= 0.3 is 0 Å². The van der Waals surface area contributed by atoms with E-state index in [-0.39, 0.29) is 37.5 Å². The molecule has 0 bridgehead atoms. The van der Waals surface area contributed by atoms with Gasteiger partial charge in [-0.15, -0.1) is 0 Å². The lowest BCUT2D eigenvalue weighted by molar-refractivity contribution is -0.138. The number of halogens is 2. The van der Waals surface area contributed by atoms with E-state index in [0.29, 0.717) is 13.1 Å². The number of nitrogens with two attached hydrogens (primary N) is 1. The third kappa shape index (κ3) is 4.24. The van der Waals surface area contributed by atoms with E-state index in [4.69, 9.17) is 5.73 Å². The normalized spacial score (nSPS) is 18.5. The van der Waals surface area contributed by atoms with E-state index in [9.17, 15) is 13.6 Å². The minimum Gasteiger partial charge on any atom is -0.341 e. The Bertz CT molecular complexity index is 495. The molecule has 0 spiro atoms. The molecule has 3 nitrogen and oxygen atoms in total. The molecule has 0 atom stereocenters. The first kappa shape index (κ1) is 15.9. The van der Waals surface area contributed by atoms with Gasteiger partial charge < -0.3 is 10.6 Å². The van der Waals surface area contributed by atoms with Crippen LogP contribution in [0.2, 0.25) is 0 Å². The highest BCUT2D eigenvalue weighted by Crippen LogP contribution is 2.36. The van der Waals surface area contributed by atoms with Gasteiger partial charge in [-0.3, -0.25) is 4.79 Å². The second-order valence-electron chi connectivity index (χ2n) is 5.85. The molecule has 0 saturated heterocycles. The summed E-state index contributed by atoms with van der Waals surface area (Å²) in [5.74, 6) is -2.90. The van der Waals surface area contributed by atoms with Crippen LogP contribution in [-0.4, -0.2) is 23.8 Å². The monoisotopic (exact) mass is 296 g/mol. The van der Waals surface area contributed by atoms with Crippen molar-refractivity contribution in [2.45, 2.75) is 44.7 Å². The highest BCUT2D eigenvalue weighted by molar-refractivity contribution is 5.78. The Kier molecular flexibility index (Phi) is 4.93. The molecule has 0 aromatic heterocycles. The van der Waals surface area contributed by atoms with Gasteiger partial charge in [0.1, 0.15) is 0 Å². The Morgan fingerprint density at radius 3 is 2.57 bits per heavy atom. The third-order valence-electron chi connectivity index (χ3n) is 4.09. The molecular weight excluding hydrogens is 274 g/mol. The van der Waals surface area contributed by atoms with E-state index >= 15 is 0 Å². The molecule has 1 aliphatic rings. The maximum Gasteiger partial charge on any atom is 0.248 e. The van der Waals surface area contributed by atoms with Crippen LogP contribution in [0, 0.1) is 5.92 Å². The first-order chi connectivity index (χ1) is 9.91. The molecule has 1 aromatic carbocycles. The lowest BCUT2D eigenvalue weighted by atomic mass is 9.86. The molecule has 2 N–H and O–H groups in total. The number of carbonyl (C=O) groups excluding carboxylic acids is 1. The summed E-state index contributed by atoms with van der Waals surface area (Å²) in [6, 6.07) is 7.77. The van der Waals surface area contributed by atoms with Crippen LogP contribution in [0.25, 0.3) is 0 Å². The molecule has 116 valence electrons. The van der Waals surface area contributed by atoms with E-state index < -0.39 is 5.92 Å². The zero-order valence-corrected chi connectivity index (χ0v) is 12.3. The third-order valence-corrected chi connectivity index (χ3v) is 4.09. The van der Waals surface area contributed by atoms with Crippen molar-refractivity contribution in [3.63, 3.8) is 0 Å². The zero-order chi connectivity index (χ0) is 15.5. The van der Waals surface area contributed by atoms with Gasteiger partial charge in [0, 0.05) is 38.9 Å². The number of hydrogen-bond acceptors (Lipinski definition) is 2. The van der Waals surface area contributed by atoms with E-state index in [0.717, 1.165) is 11.1 Å². The van der Waals surface area contributed by atoms with Gasteiger partial charge in [-0.2, -0.15) is 0 Å². The number of carbonyl (C=O) groups is 1. The van der Waals surface area contributed by atoms with Crippen LogP contribution in [0.5, 0.6) is 0 Å². The quantitative estimate of drug-likeness (QED) is 0.928. The van der Waals surface area contributed by atoms with Gasteiger partial charge in [-0.1, -0.05) is 24.3 Å². The minimum absolute atomic E-state index is 0.0383. The van der Waals surface area contributed by atoms with Crippen LogP contribution in [0.1, 0.15) is 36.8 Å². The Labute approximate surface area is 124 Å². The molecule has 1 aliphatic carbocycles. The van der Waals surface area contributed by atoms with Crippen LogP contribution < -0.4 is 5.73 Å². The Balaban J connectivity index is 1.93. The summed E-state index contributed by atoms with van der Waals surface area (Å²) in [6.45, 7) is 0.947. The smallest absolute Gasteiger partial charge is 0.248 e. The molecule has 0 heterocycles. The average Bonchev–Trinajstić information content (AvgIpc) is 2.46. The average molecular weight is 296 g/mol. The summed E-state index contributed by atoms with van der Waals surface area (Å²) < 4.78 is 26.3. The number of benzene rings is 1. The molecule has 5 heteroatoms. The maximum absolute atomic E-state index is 13.1. The van der Waals surface area contributed by atoms with Crippen LogP contribution in [-0.2, 0) is 17.9 Å². The summed E-state index contributed by atoms with van der Waals surface area (Å²) >= 11 is 0. The van der Waals surface area contributed by atoms with Crippen molar-refractivity contribution in [2.75, 3.05) is 7.05 Å². The highest BCUT2D eigenvalue weighted by atomic mass is 19.3. The number of alkyl halides is 2. The number of nitrogens with zero attached hydrogens (tertiary/aromatic N) is 1. The van der Waals surface area contributed by atoms with E-state index in [2.05, 4.69) is 0 Å². The van der Waals surface area contributed by atoms with Crippen molar-refractivity contribution in [3.05, 3.63) is 35.4 Å². The predicted octanol–water partition coefficient (Wildman–Crippen LogP) is 2.93. The molecule has 21 heavy (non-hydrogen) atoms. The molecule has 0 aliphatic heterocycles. The van der Waals surface area contributed by atoms with Crippen LogP contribution in [0.3, 0.4) is 0 Å². The highest BCUT2D eigenvalue weighted by Gasteiger charge is 2.38. The molecular formula is C16H22F2N2O. The molecule has 0 unspecified atom stereocenters. The van der Waals surface area contributed by atoms with Crippen LogP contribution >= 0.6 is 0 Å². The fourth-order valence-corrected chi connectivity index (χ4v) is 2.81. The van der Waals surface area contributed by atoms with Crippen molar-refractivity contribution in [2.24, 2.45) is 11.7 Å². The number of rotatable bonds is 4. The Morgan fingerprint density at radius 1 is 1.33 bits per heavy atom. The fourth-order valence-electron chi connectivity index (χ4n) is 2.81. The molecule has 1 aromatic rings. The van der Waals surface area contributed by atoms with E-state index in [1.165, 1.54) is 0 Å². The Hall–Kier alpha value is -1.49. The van der Waals surface area contributed by atoms with Crippen molar-refractivity contribution in [3.8, 4) is 0 Å². The lowest BCUT2D eigenvalue weighted by Crippen LogP contribution is -2.36. The van der Waals surface area contributed by atoms with Crippen molar-refractivity contribution < 1.29 is 13.6 Å². The summed E-state index contributed by atoms with van der Waals surface area (Å²) in [6.07, 6.45) is 0.192. The van der Waals surface area contributed by atoms with Crippen molar-refractivity contribution in [1.82, 2.24) is 4.90 Å². The summed E-state index contributed by atoms with van der Waals surface area (Å²) in [5, 5.41) is 0. The Morgan fingerprint density at radius 2 is 1.95 bits per heavy atom. The van der Waals surface area contributed by atoms with Gasteiger partial charge in [-0.25, -0.2) is 8.78 Å². The molecule has 0 radical (unpaired) electrons. The second-order valence-corrected chi connectivity index (χ2v) is 5.85. The van der Waals surface area contributed by atoms with E-state index in [1.54, 1.807) is 11.9 Å². The number of amides is 1. The summed E-state index contributed by atoms with van der Waals surface area (Å²) in [7, 11) is 1.73. The van der Waals surface area contributed by atoms with Gasteiger partial charge in [-0.05, 0) is 24.0 Å². The number of hydrogen-bond donors (Lipinski definition) is 1. The molecule has 1 amide bonds. The summed E-state index contributed by atoms with van der Waals surface area (Å²) in [5.41, 5.74) is 7.63. The van der Waals surface area contributed by atoms with Gasteiger partial charge in [0.2, 0.25) is 11.8 Å².